The third-order valence-electron chi connectivity index (χ3n) is 4.25. The molecule has 0 saturated carbocycles. The number of anilines is 1. The highest BCUT2D eigenvalue weighted by Crippen LogP contribution is 2.32. The summed E-state index contributed by atoms with van der Waals surface area (Å²) in [5, 5.41) is 20.5. The number of likely N-dealkylation sites (tertiary alicyclic amines) is 1. The van der Waals surface area contributed by atoms with Crippen molar-refractivity contribution in [2.45, 2.75) is 25.3 Å². The van der Waals surface area contributed by atoms with Gasteiger partial charge in [0.2, 0.25) is 5.95 Å². The van der Waals surface area contributed by atoms with Crippen molar-refractivity contribution >= 4 is 5.95 Å². The Morgan fingerprint density at radius 2 is 2.32 bits per heavy atom. The molecule has 7 heteroatoms. The molecule has 0 unspecified atom stereocenters. The molecule has 1 aromatic heterocycles. The van der Waals surface area contributed by atoms with Crippen molar-refractivity contribution < 1.29 is 0 Å². The fourth-order valence-electron chi connectivity index (χ4n) is 3.37. The van der Waals surface area contributed by atoms with E-state index in [-0.39, 0.29) is 0 Å². The Kier molecular flexibility index (Phi) is 3.34. The van der Waals surface area contributed by atoms with E-state index in [9.17, 15) is 0 Å². The largest absolute Gasteiger partial charge is 0.335 e. The van der Waals surface area contributed by atoms with Gasteiger partial charge in [-0.15, -0.1) is 0 Å². The van der Waals surface area contributed by atoms with Crippen LogP contribution in [0.4, 0.5) is 5.95 Å². The number of rotatable bonds is 3. The van der Waals surface area contributed by atoms with Crippen LogP contribution in [0.25, 0.3) is 0 Å². The van der Waals surface area contributed by atoms with Crippen molar-refractivity contribution in [1.82, 2.24) is 25.1 Å². The molecule has 3 rings (SSSR count). The van der Waals surface area contributed by atoms with Crippen LogP contribution in [-0.4, -0.2) is 57.3 Å². The van der Waals surface area contributed by atoms with Gasteiger partial charge in [-0.05, 0) is 29.2 Å². The number of piperidine rings is 1. The number of fused-ring (bicyclic) bond motifs is 1. The summed E-state index contributed by atoms with van der Waals surface area (Å²) in [5.74, 6) is 1.56. The first-order valence-electron chi connectivity index (χ1n) is 6.88. The molecule has 0 aliphatic carbocycles. The molecule has 3 heterocycles. The fourth-order valence-corrected chi connectivity index (χ4v) is 3.37. The van der Waals surface area contributed by atoms with Gasteiger partial charge in [-0.2, -0.15) is 5.26 Å². The summed E-state index contributed by atoms with van der Waals surface area (Å²) in [6.07, 6.45) is 3.08. The van der Waals surface area contributed by atoms with E-state index in [0.717, 1.165) is 32.1 Å². The van der Waals surface area contributed by atoms with Crippen LogP contribution in [0.15, 0.2) is 0 Å². The van der Waals surface area contributed by atoms with E-state index in [2.05, 4.69) is 31.4 Å². The monoisotopic (exact) mass is 261 g/mol. The molecule has 0 aromatic carbocycles. The second kappa shape index (κ2) is 5.13. The van der Waals surface area contributed by atoms with Crippen molar-refractivity contribution in [3.63, 3.8) is 0 Å². The van der Waals surface area contributed by atoms with Crippen LogP contribution in [0.2, 0.25) is 0 Å². The Hall–Kier alpha value is -1.68. The van der Waals surface area contributed by atoms with E-state index < -0.39 is 0 Å². The molecule has 7 nitrogen and oxygen atoms in total. The maximum Gasteiger partial charge on any atom is 0.245 e. The van der Waals surface area contributed by atoms with Gasteiger partial charge in [0.25, 0.3) is 0 Å². The van der Waals surface area contributed by atoms with Gasteiger partial charge < -0.3 is 4.90 Å². The summed E-state index contributed by atoms with van der Waals surface area (Å²) in [6, 6.07) is 2.73. The van der Waals surface area contributed by atoms with Crippen molar-refractivity contribution in [3.8, 4) is 6.07 Å². The molecule has 0 amide bonds. The summed E-state index contributed by atoms with van der Waals surface area (Å²) < 4.78 is 1.75. The lowest BCUT2D eigenvalue weighted by molar-refractivity contribution is 0.327. The van der Waals surface area contributed by atoms with Crippen LogP contribution in [0, 0.1) is 17.2 Å². The first kappa shape index (κ1) is 12.4. The molecule has 2 saturated heterocycles. The van der Waals surface area contributed by atoms with Gasteiger partial charge >= 0.3 is 0 Å². The Labute approximate surface area is 112 Å². The van der Waals surface area contributed by atoms with E-state index >= 15 is 0 Å². The molecule has 0 spiro atoms. The maximum atomic E-state index is 8.71. The van der Waals surface area contributed by atoms with Gasteiger partial charge in [-0.25, -0.2) is 4.68 Å². The summed E-state index contributed by atoms with van der Waals surface area (Å²) in [5.41, 5.74) is 0. The number of aromatic nitrogens is 4. The fraction of sp³-hybridized carbons (Fsp3) is 0.833. The molecule has 2 aliphatic heterocycles. The number of nitrogens with zero attached hydrogens (tertiary/aromatic N) is 7. The molecule has 0 N–H and O–H groups in total. The van der Waals surface area contributed by atoms with Crippen LogP contribution in [0.1, 0.15) is 19.3 Å². The van der Waals surface area contributed by atoms with Crippen LogP contribution in [0.5, 0.6) is 0 Å². The van der Waals surface area contributed by atoms with Gasteiger partial charge in [0.15, 0.2) is 0 Å². The predicted molar refractivity (Wildman–Crippen MR) is 69.3 cm³/mol. The van der Waals surface area contributed by atoms with E-state index in [0.29, 0.717) is 18.4 Å². The summed E-state index contributed by atoms with van der Waals surface area (Å²) in [6.45, 7) is 4.04. The minimum Gasteiger partial charge on any atom is -0.335 e. The minimum atomic E-state index is 0.497. The summed E-state index contributed by atoms with van der Waals surface area (Å²) in [4.78, 5) is 4.75. The highest BCUT2D eigenvalue weighted by atomic mass is 15.6. The first-order valence-corrected chi connectivity index (χ1v) is 6.88. The van der Waals surface area contributed by atoms with E-state index in [4.69, 9.17) is 5.26 Å². The van der Waals surface area contributed by atoms with E-state index in [1.807, 2.05) is 7.05 Å². The van der Waals surface area contributed by atoms with Gasteiger partial charge in [-0.3, -0.25) is 4.90 Å². The molecule has 0 radical (unpaired) electrons. The average molecular weight is 261 g/mol. The van der Waals surface area contributed by atoms with Crippen molar-refractivity contribution in [3.05, 3.63) is 0 Å². The van der Waals surface area contributed by atoms with Crippen molar-refractivity contribution in [2.75, 3.05) is 31.1 Å². The highest BCUT2D eigenvalue weighted by molar-refractivity contribution is 5.32. The number of nitriles is 1. The number of hydrogen-bond acceptors (Lipinski definition) is 6. The zero-order valence-corrected chi connectivity index (χ0v) is 11.2. The normalized spacial score (nSPS) is 27.3. The van der Waals surface area contributed by atoms with Gasteiger partial charge in [0.1, 0.15) is 0 Å². The molecule has 19 heavy (non-hydrogen) atoms. The SMILES string of the molecule is Cn1nnnc1N1CCC[C@@H]2CN(CCC#N)C[C@@H]21. The second-order valence-corrected chi connectivity index (χ2v) is 5.43. The summed E-state index contributed by atoms with van der Waals surface area (Å²) >= 11 is 0. The Balaban J connectivity index is 1.74. The number of tetrazole rings is 1. The Bertz CT molecular complexity index is 477. The predicted octanol–water partition coefficient (Wildman–Crippen LogP) is 0.0244. The lowest BCUT2D eigenvalue weighted by Gasteiger charge is -2.36. The van der Waals surface area contributed by atoms with Crippen molar-refractivity contribution in [1.29, 1.82) is 5.26 Å². The smallest absolute Gasteiger partial charge is 0.245 e. The standard InChI is InChI=1S/C12H19N7/c1-17-12(14-15-16-17)19-7-2-4-10-8-18(6-3-5-13)9-11(10)19/h10-11H,2-4,6-9H2,1H3/t10-,11+/m1/s1. The molecule has 2 aliphatic rings. The van der Waals surface area contributed by atoms with Gasteiger partial charge in [0.05, 0.1) is 6.07 Å². The minimum absolute atomic E-state index is 0.497. The Morgan fingerprint density at radius 1 is 1.42 bits per heavy atom. The van der Waals surface area contributed by atoms with E-state index in [1.165, 1.54) is 12.8 Å². The molecular weight excluding hydrogens is 242 g/mol. The lowest BCUT2D eigenvalue weighted by Crippen LogP contribution is -2.46. The Morgan fingerprint density at radius 3 is 3.05 bits per heavy atom. The highest BCUT2D eigenvalue weighted by Gasteiger charge is 2.40. The molecule has 2 fully saturated rings. The van der Waals surface area contributed by atoms with Crippen LogP contribution in [-0.2, 0) is 7.05 Å². The maximum absolute atomic E-state index is 8.71. The number of aryl methyl sites for hydroxylation is 1. The van der Waals surface area contributed by atoms with Crippen LogP contribution >= 0.6 is 0 Å². The molecular formula is C12H19N7. The topological polar surface area (TPSA) is 73.9 Å². The molecule has 0 bridgehead atoms. The molecule has 102 valence electrons. The zero-order valence-electron chi connectivity index (χ0n) is 11.2. The van der Waals surface area contributed by atoms with Crippen molar-refractivity contribution in [2.24, 2.45) is 13.0 Å². The quantitative estimate of drug-likeness (QED) is 0.764. The van der Waals surface area contributed by atoms with Gasteiger partial charge in [0, 0.05) is 45.7 Å². The third-order valence-corrected chi connectivity index (χ3v) is 4.25. The third kappa shape index (κ3) is 2.28. The van der Waals surface area contributed by atoms with Gasteiger partial charge in [-0.1, -0.05) is 5.10 Å². The lowest BCUT2D eigenvalue weighted by atomic mass is 9.92. The van der Waals surface area contributed by atoms with Crippen LogP contribution in [0.3, 0.4) is 0 Å². The second-order valence-electron chi connectivity index (χ2n) is 5.43. The van der Waals surface area contributed by atoms with Crippen LogP contribution < -0.4 is 4.90 Å². The van der Waals surface area contributed by atoms with E-state index in [1.54, 1.807) is 4.68 Å². The number of hydrogen-bond donors (Lipinski definition) is 0. The zero-order chi connectivity index (χ0) is 13.2. The first-order chi connectivity index (χ1) is 9.29. The average Bonchev–Trinajstić information content (AvgIpc) is 3.01. The molecule has 2 atom stereocenters. The molecule has 1 aromatic rings. The summed E-state index contributed by atoms with van der Waals surface area (Å²) in [7, 11) is 1.89.